The molecule has 8 heavy (non-hydrogen) atoms. The van der Waals surface area contributed by atoms with Crippen LogP contribution in [0.15, 0.2) is 0 Å². The zero-order valence-electron chi connectivity index (χ0n) is 5.00. The first kappa shape index (κ1) is 6.77. The number of hydrogen-bond donors (Lipinski definition) is 2. The van der Waals surface area contributed by atoms with Gasteiger partial charge in [-0.15, -0.1) is 0 Å². The van der Waals surface area contributed by atoms with E-state index in [2.05, 4.69) is 40.1 Å². The number of hydrogen-bond acceptors (Lipinski definition) is 2. The molecule has 2 N–H and O–H groups in total. The van der Waals surface area contributed by atoms with Gasteiger partial charge in [0.15, 0.2) is 0 Å². The second-order valence-corrected chi connectivity index (χ2v) is 4.68. The second kappa shape index (κ2) is 2.49. The van der Waals surface area contributed by atoms with Gasteiger partial charge in [-0.2, -0.15) is 0 Å². The summed E-state index contributed by atoms with van der Waals surface area (Å²) in [6.45, 7) is 5.48. The maximum atomic E-state index is 3.38. The Bertz CT molecular complexity index is 74.5. The maximum absolute atomic E-state index is 3.38. The van der Waals surface area contributed by atoms with Gasteiger partial charge < -0.3 is 10.6 Å². The predicted molar refractivity (Wildman–Crippen MR) is 43.3 cm³/mol. The van der Waals surface area contributed by atoms with E-state index in [4.69, 9.17) is 0 Å². The molecule has 0 spiro atoms. The molecule has 0 aliphatic carbocycles. The summed E-state index contributed by atoms with van der Waals surface area (Å²) in [7, 11) is 0. The van der Waals surface area contributed by atoms with Crippen LogP contribution in [0.5, 0.6) is 0 Å². The molecule has 0 aromatic rings. The largest absolute Gasteiger partial charge is 0.313 e. The summed E-state index contributed by atoms with van der Waals surface area (Å²) in [5.74, 6) is 0. The molecule has 1 rings (SSSR count). The van der Waals surface area contributed by atoms with Gasteiger partial charge in [-0.25, -0.2) is 0 Å². The molecular weight excluding hydrogens is 215 g/mol. The molecule has 0 aromatic heterocycles. The van der Waals surface area contributed by atoms with Crippen molar-refractivity contribution in [3.63, 3.8) is 0 Å². The lowest BCUT2D eigenvalue weighted by Gasteiger charge is -2.29. The van der Waals surface area contributed by atoms with Gasteiger partial charge in [-0.1, -0.05) is 22.6 Å². The average molecular weight is 226 g/mol. The number of alkyl halides is 1. The highest BCUT2D eigenvalue weighted by atomic mass is 127. The first-order valence-corrected chi connectivity index (χ1v) is 3.93. The van der Waals surface area contributed by atoms with Crippen molar-refractivity contribution in [1.82, 2.24) is 10.6 Å². The number of nitrogens with one attached hydrogen (secondary N) is 2. The van der Waals surface area contributed by atoms with E-state index >= 15 is 0 Å². The van der Waals surface area contributed by atoms with Crippen LogP contribution in [0.2, 0.25) is 0 Å². The van der Waals surface area contributed by atoms with Crippen molar-refractivity contribution >= 4 is 22.6 Å². The molecule has 1 aliphatic rings. The first-order chi connectivity index (χ1) is 3.71. The quantitative estimate of drug-likeness (QED) is 0.353. The molecular formula is C5H11IN2. The number of rotatable bonds is 0. The molecule has 1 atom stereocenters. The third kappa shape index (κ3) is 1.87. The van der Waals surface area contributed by atoms with Crippen LogP contribution in [-0.2, 0) is 0 Å². The van der Waals surface area contributed by atoms with E-state index in [1.54, 1.807) is 0 Å². The third-order valence-corrected chi connectivity index (χ3v) is 2.02. The Morgan fingerprint density at radius 2 is 2.25 bits per heavy atom. The number of piperazine rings is 1. The fourth-order valence-electron chi connectivity index (χ4n) is 0.797. The van der Waals surface area contributed by atoms with E-state index in [0.29, 0.717) is 0 Å². The minimum Gasteiger partial charge on any atom is -0.313 e. The summed E-state index contributed by atoms with van der Waals surface area (Å²) < 4.78 is 0.288. The summed E-state index contributed by atoms with van der Waals surface area (Å²) in [6.07, 6.45) is 0. The molecule has 1 heterocycles. The standard InChI is InChI=1S/C5H11IN2/c1-5(6)4-7-2-3-8-5/h7-8H,2-4H2,1H3. The van der Waals surface area contributed by atoms with Crippen molar-refractivity contribution in [3.05, 3.63) is 0 Å². The molecule has 48 valence electrons. The Morgan fingerprint density at radius 1 is 1.50 bits per heavy atom. The highest BCUT2D eigenvalue weighted by Gasteiger charge is 2.20. The van der Waals surface area contributed by atoms with Crippen molar-refractivity contribution < 1.29 is 0 Å². The average Bonchev–Trinajstić information content (AvgIpc) is 1.65. The molecule has 1 saturated heterocycles. The van der Waals surface area contributed by atoms with Crippen LogP contribution in [0.1, 0.15) is 6.92 Å². The van der Waals surface area contributed by atoms with Gasteiger partial charge in [0.25, 0.3) is 0 Å². The van der Waals surface area contributed by atoms with E-state index in [9.17, 15) is 0 Å². The van der Waals surface area contributed by atoms with Crippen LogP contribution in [0.25, 0.3) is 0 Å². The minimum absolute atomic E-state index is 0.288. The third-order valence-electron chi connectivity index (χ3n) is 1.25. The Hall–Kier alpha value is 0.650. The van der Waals surface area contributed by atoms with E-state index in [0.717, 1.165) is 19.6 Å². The van der Waals surface area contributed by atoms with Gasteiger partial charge in [0.05, 0.1) is 3.55 Å². The summed E-state index contributed by atoms with van der Waals surface area (Å²) in [5.41, 5.74) is 0. The molecule has 0 saturated carbocycles. The van der Waals surface area contributed by atoms with Gasteiger partial charge in [-0.3, -0.25) is 0 Å². The Balaban J connectivity index is 2.33. The van der Waals surface area contributed by atoms with Gasteiger partial charge in [-0.05, 0) is 6.92 Å². The molecule has 0 aromatic carbocycles. The first-order valence-electron chi connectivity index (χ1n) is 2.85. The topological polar surface area (TPSA) is 24.1 Å². The van der Waals surface area contributed by atoms with Crippen LogP contribution in [0, 0.1) is 0 Å². The smallest absolute Gasteiger partial charge is 0.0803 e. The maximum Gasteiger partial charge on any atom is 0.0803 e. The molecule has 0 radical (unpaired) electrons. The van der Waals surface area contributed by atoms with Crippen LogP contribution in [-0.4, -0.2) is 23.2 Å². The van der Waals surface area contributed by atoms with Crippen LogP contribution in [0.4, 0.5) is 0 Å². The number of halogens is 1. The summed E-state index contributed by atoms with van der Waals surface area (Å²) in [4.78, 5) is 0. The Labute approximate surface area is 63.6 Å². The lowest BCUT2D eigenvalue weighted by molar-refractivity contribution is 0.426. The van der Waals surface area contributed by atoms with E-state index in [1.807, 2.05) is 0 Å². The van der Waals surface area contributed by atoms with E-state index in [1.165, 1.54) is 0 Å². The van der Waals surface area contributed by atoms with Crippen molar-refractivity contribution in [2.24, 2.45) is 0 Å². The normalized spacial score (nSPS) is 39.8. The minimum atomic E-state index is 0.288. The van der Waals surface area contributed by atoms with Gasteiger partial charge in [0.1, 0.15) is 0 Å². The van der Waals surface area contributed by atoms with E-state index in [-0.39, 0.29) is 3.55 Å². The zero-order valence-corrected chi connectivity index (χ0v) is 7.16. The molecule has 1 aliphatic heterocycles. The fourth-order valence-corrected chi connectivity index (χ4v) is 1.34. The fraction of sp³-hybridized carbons (Fsp3) is 1.00. The molecule has 2 nitrogen and oxygen atoms in total. The highest BCUT2D eigenvalue weighted by Crippen LogP contribution is 2.13. The lowest BCUT2D eigenvalue weighted by Crippen LogP contribution is -2.53. The van der Waals surface area contributed by atoms with Crippen molar-refractivity contribution in [1.29, 1.82) is 0 Å². The summed E-state index contributed by atoms with van der Waals surface area (Å²) in [6, 6.07) is 0. The molecule has 0 bridgehead atoms. The monoisotopic (exact) mass is 226 g/mol. The predicted octanol–water partition coefficient (Wildman–Crippen LogP) is 0.330. The summed E-state index contributed by atoms with van der Waals surface area (Å²) in [5, 5.41) is 6.69. The second-order valence-electron chi connectivity index (χ2n) is 2.30. The van der Waals surface area contributed by atoms with E-state index < -0.39 is 0 Å². The van der Waals surface area contributed by atoms with Gasteiger partial charge >= 0.3 is 0 Å². The highest BCUT2D eigenvalue weighted by molar-refractivity contribution is 14.1. The molecule has 0 amide bonds. The lowest BCUT2D eigenvalue weighted by atomic mass is 10.3. The van der Waals surface area contributed by atoms with Crippen LogP contribution < -0.4 is 10.6 Å². The molecule has 3 heteroatoms. The molecule has 1 fully saturated rings. The Morgan fingerprint density at radius 3 is 2.50 bits per heavy atom. The van der Waals surface area contributed by atoms with Crippen molar-refractivity contribution in [2.75, 3.05) is 19.6 Å². The van der Waals surface area contributed by atoms with Crippen LogP contribution >= 0.6 is 22.6 Å². The van der Waals surface area contributed by atoms with Gasteiger partial charge in [0, 0.05) is 19.6 Å². The summed E-state index contributed by atoms with van der Waals surface area (Å²) >= 11 is 2.42. The van der Waals surface area contributed by atoms with Gasteiger partial charge in [0.2, 0.25) is 0 Å². The zero-order chi connectivity index (χ0) is 6.04. The Kier molecular flexibility index (Phi) is 2.11. The van der Waals surface area contributed by atoms with Crippen LogP contribution in [0.3, 0.4) is 0 Å². The van der Waals surface area contributed by atoms with Crippen molar-refractivity contribution in [2.45, 2.75) is 10.5 Å². The molecule has 1 unspecified atom stereocenters. The SMILES string of the molecule is CC1(I)CNCCN1. The van der Waals surface area contributed by atoms with Crippen molar-refractivity contribution in [3.8, 4) is 0 Å².